The molecule has 0 heterocycles. The van der Waals surface area contributed by atoms with Crippen molar-refractivity contribution in [2.45, 2.75) is 52.9 Å². The summed E-state index contributed by atoms with van der Waals surface area (Å²) in [5, 5.41) is 7.92. The van der Waals surface area contributed by atoms with Crippen molar-refractivity contribution in [2.75, 3.05) is 0 Å². The molecule has 0 spiro atoms. The molecule has 0 aromatic rings. The molecule has 0 amide bonds. The summed E-state index contributed by atoms with van der Waals surface area (Å²) in [7, 11) is 0. The van der Waals surface area contributed by atoms with Crippen LogP contribution in [0.4, 0.5) is 0 Å². The molecule has 1 rings (SSSR count). The van der Waals surface area contributed by atoms with Crippen molar-refractivity contribution < 1.29 is 0 Å². The average molecular weight is 181 g/mol. The van der Waals surface area contributed by atoms with Crippen LogP contribution in [0.25, 0.3) is 0 Å². The molecule has 0 bridgehead atoms. The van der Waals surface area contributed by atoms with Crippen LogP contribution in [-0.4, -0.2) is 5.71 Å². The zero-order chi connectivity index (χ0) is 9.84. The Morgan fingerprint density at radius 2 is 2.00 bits per heavy atom. The van der Waals surface area contributed by atoms with Crippen LogP contribution >= 0.6 is 0 Å². The number of rotatable bonds is 3. The Morgan fingerprint density at radius 1 is 1.31 bits per heavy atom. The Kier molecular flexibility index (Phi) is 3.95. The molecule has 13 heavy (non-hydrogen) atoms. The first-order chi connectivity index (χ1) is 6.11. The molecule has 0 aliphatic heterocycles. The molecule has 1 saturated carbocycles. The van der Waals surface area contributed by atoms with E-state index in [2.05, 4.69) is 20.8 Å². The highest BCUT2D eigenvalue weighted by molar-refractivity contribution is 5.84. The third kappa shape index (κ3) is 3.13. The minimum Gasteiger partial charge on any atom is -0.309 e. The fraction of sp³-hybridized carbons (Fsp3) is 0.917. The van der Waals surface area contributed by atoms with E-state index in [1.807, 2.05) is 0 Å². The van der Waals surface area contributed by atoms with Crippen molar-refractivity contribution in [3.05, 3.63) is 0 Å². The van der Waals surface area contributed by atoms with Gasteiger partial charge in [0.25, 0.3) is 0 Å². The molecule has 0 saturated heterocycles. The first-order valence-electron chi connectivity index (χ1n) is 5.68. The van der Waals surface area contributed by atoms with Crippen molar-refractivity contribution >= 4 is 5.71 Å². The van der Waals surface area contributed by atoms with E-state index < -0.39 is 0 Å². The van der Waals surface area contributed by atoms with E-state index in [0.717, 1.165) is 24.0 Å². The predicted octanol–water partition coefficient (Wildman–Crippen LogP) is 3.88. The largest absolute Gasteiger partial charge is 0.309 e. The highest BCUT2D eigenvalue weighted by Crippen LogP contribution is 2.30. The van der Waals surface area contributed by atoms with E-state index in [0.29, 0.717) is 5.92 Å². The minimum atomic E-state index is 0.608. The Morgan fingerprint density at radius 3 is 2.54 bits per heavy atom. The summed E-state index contributed by atoms with van der Waals surface area (Å²) < 4.78 is 0. The zero-order valence-corrected chi connectivity index (χ0v) is 9.27. The highest BCUT2D eigenvalue weighted by Gasteiger charge is 2.24. The third-order valence-electron chi connectivity index (χ3n) is 3.19. The van der Waals surface area contributed by atoms with E-state index in [-0.39, 0.29) is 0 Å². The van der Waals surface area contributed by atoms with Crippen molar-refractivity contribution in [2.24, 2.45) is 17.8 Å². The van der Waals surface area contributed by atoms with Crippen LogP contribution in [0.2, 0.25) is 0 Å². The molecule has 1 aliphatic carbocycles. The van der Waals surface area contributed by atoms with E-state index in [1.54, 1.807) is 0 Å². The molecular weight excluding hydrogens is 158 g/mol. The molecule has 1 nitrogen and oxygen atoms in total. The molecule has 1 heteroatoms. The molecule has 2 unspecified atom stereocenters. The molecule has 0 aromatic heterocycles. The van der Waals surface area contributed by atoms with Crippen LogP contribution < -0.4 is 0 Å². The fourth-order valence-electron chi connectivity index (χ4n) is 2.58. The van der Waals surface area contributed by atoms with Gasteiger partial charge in [0.05, 0.1) is 0 Å². The van der Waals surface area contributed by atoms with Gasteiger partial charge < -0.3 is 5.41 Å². The summed E-state index contributed by atoms with van der Waals surface area (Å²) in [6.45, 7) is 6.89. The van der Waals surface area contributed by atoms with Gasteiger partial charge in [-0.3, -0.25) is 0 Å². The predicted molar refractivity (Wildman–Crippen MR) is 58.3 cm³/mol. The summed E-state index contributed by atoms with van der Waals surface area (Å²) >= 11 is 0. The van der Waals surface area contributed by atoms with Crippen LogP contribution in [0.3, 0.4) is 0 Å². The van der Waals surface area contributed by atoms with Gasteiger partial charge in [-0.2, -0.15) is 0 Å². The molecule has 1 fully saturated rings. The lowest BCUT2D eigenvalue weighted by Crippen LogP contribution is -2.25. The van der Waals surface area contributed by atoms with E-state index in [1.165, 1.54) is 25.7 Å². The van der Waals surface area contributed by atoms with E-state index >= 15 is 0 Å². The van der Waals surface area contributed by atoms with Crippen LogP contribution in [0.15, 0.2) is 0 Å². The van der Waals surface area contributed by atoms with Crippen LogP contribution in [0.5, 0.6) is 0 Å². The Hall–Kier alpha value is -0.330. The van der Waals surface area contributed by atoms with Crippen molar-refractivity contribution in [1.29, 1.82) is 5.41 Å². The molecule has 1 N–H and O–H groups in total. The lowest BCUT2D eigenvalue weighted by atomic mass is 9.76. The monoisotopic (exact) mass is 181 g/mol. The molecule has 76 valence electrons. The van der Waals surface area contributed by atoms with Crippen molar-refractivity contribution in [3.8, 4) is 0 Å². The summed E-state index contributed by atoms with van der Waals surface area (Å²) in [6.07, 6.45) is 6.21. The second-order valence-electron chi connectivity index (χ2n) is 4.98. The Labute approximate surface area is 82.4 Å². The summed E-state index contributed by atoms with van der Waals surface area (Å²) in [5.41, 5.74) is 1.03. The van der Waals surface area contributed by atoms with Crippen molar-refractivity contribution in [1.82, 2.24) is 0 Å². The number of hydrogen-bond acceptors (Lipinski definition) is 1. The lowest BCUT2D eigenvalue weighted by molar-refractivity contribution is 0.331. The lowest BCUT2D eigenvalue weighted by Gasteiger charge is -2.29. The maximum absolute atomic E-state index is 7.92. The normalized spacial score (nSPS) is 26.5. The van der Waals surface area contributed by atoms with Gasteiger partial charge in [-0.05, 0) is 43.4 Å². The maximum atomic E-state index is 7.92. The van der Waals surface area contributed by atoms with Crippen LogP contribution in [-0.2, 0) is 0 Å². The molecule has 1 aliphatic rings. The topological polar surface area (TPSA) is 23.9 Å². The highest BCUT2D eigenvalue weighted by atomic mass is 14.5. The van der Waals surface area contributed by atoms with Gasteiger partial charge in [0, 0.05) is 5.71 Å². The Bertz CT molecular complexity index is 172. The molecule has 0 radical (unpaired) electrons. The fourth-order valence-corrected chi connectivity index (χ4v) is 2.58. The quantitative estimate of drug-likeness (QED) is 0.683. The molecule has 0 aromatic carbocycles. The maximum Gasteiger partial charge on any atom is 0.0123 e. The van der Waals surface area contributed by atoms with Gasteiger partial charge in [-0.15, -0.1) is 0 Å². The summed E-state index contributed by atoms with van der Waals surface area (Å²) in [6, 6.07) is 0. The van der Waals surface area contributed by atoms with Gasteiger partial charge in [0.1, 0.15) is 0 Å². The first-order valence-corrected chi connectivity index (χ1v) is 5.68. The smallest absolute Gasteiger partial charge is 0.0123 e. The standard InChI is InChI=1S/C12H23N/c1-9(2)8-10(3)11-6-4-5-7-12(11)13/h9-11,13H,4-8H2,1-3H3. The van der Waals surface area contributed by atoms with Gasteiger partial charge >= 0.3 is 0 Å². The third-order valence-corrected chi connectivity index (χ3v) is 3.19. The van der Waals surface area contributed by atoms with Crippen LogP contribution in [0.1, 0.15) is 52.9 Å². The van der Waals surface area contributed by atoms with Crippen LogP contribution in [0, 0.1) is 23.2 Å². The second-order valence-corrected chi connectivity index (χ2v) is 4.98. The first kappa shape index (κ1) is 10.7. The molecule has 2 atom stereocenters. The average Bonchev–Trinajstić information content (AvgIpc) is 2.03. The minimum absolute atomic E-state index is 0.608. The van der Waals surface area contributed by atoms with Gasteiger partial charge in [0.15, 0.2) is 0 Å². The second kappa shape index (κ2) is 4.78. The molecular formula is C12H23N. The number of hydrogen-bond donors (Lipinski definition) is 1. The van der Waals surface area contributed by atoms with E-state index in [9.17, 15) is 0 Å². The summed E-state index contributed by atoms with van der Waals surface area (Å²) in [5.74, 6) is 2.12. The zero-order valence-electron chi connectivity index (χ0n) is 9.27. The van der Waals surface area contributed by atoms with Gasteiger partial charge in [-0.25, -0.2) is 0 Å². The van der Waals surface area contributed by atoms with Crippen molar-refractivity contribution in [3.63, 3.8) is 0 Å². The Balaban J connectivity index is 2.43. The number of nitrogens with one attached hydrogen (secondary N) is 1. The van der Waals surface area contributed by atoms with Gasteiger partial charge in [0.2, 0.25) is 0 Å². The van der Waals surface area contributed by atoms with E-state index in [4.69, 9.17) is 5.41 Å². The SMILES string of the molecule is CC(C)CC(C)C1CCCCC1=N. The van der Waals surface area contributed by atoms with Gasteiger partial charge in [-0.1, -0.05) is 27.2 Å². The summed E-state index contributed by atoms with van der Waals surface area (Å²) in [4.78, 5) is 0.